The lowest BCUT2D eigenvalue weighted by Crippen LogP contribution is -2.55. The first-order valence-corrected chi connectivity index (χ1v) is 8.54. The molecule has 6 nitrogen and oxygen atoms in total. The van der Waals surface area contributed by atoms with Gasteiger partial charge in [-0.1, -0.05) is 0 Å². The lowest BCUT2D eigenvalue weighted by atomic mass is 9.49. The second kappa shape index (κ2) is 4.70. The summed E-state index contributed by atoms with van der Waals surface area (Å²) in [6, 6.07) is 0. The van der Waals surface area contributed by atoms with E-state index in [4.69, 9.17) is 4.55 Å². The summed E-state index contributed by atoms with van der Waals surface area (Å²) in [5, 5.41) is -4.53. The first-order valence-electron chi connectivity index (χ1n) is 7.10. The molecule has 124 valence electrons. The number of ether oxygens (including phenoxy) is 1. The molecule has 0 saturated heterocycles. The molecule has 0 aromatic heterocycles. The van der Waals surface area contributed by atoms with E-state index in [1.807, 2.05) is 0 Å². The molecule has 4 atom stereocenters. The molecule has 0 radical (unpaired) electrons. The number of carbonyl (C=O) groups excluding carboxylic acids is 2. The molecule has 0 aliphatic heterocycles. The fraction of sp³-hybridized carbons (Fsp3) is 0.846. The van der Waals surface area contributed by atoms with Crippen LogP contribution in [0.25, 0.3) is 0 Å². The third kappa shape index (κ3) is 2.34. The Morgan fingerprint density at radius 3 is 2.32 bits per heavy atom. The van der Waals surface area contributed by atoms with Crippen molar-refractivity contribution in [1.82, 2.24) is 0 Å². The number of halogens is 2. The second-order valence-electron chi connectivity index (χ2n) is 6.71. The minimum Gasteiger partial charge on any atom is -0.458 e. The summed E-state index contributed by atoms with van der Waals surface area (Å²) in [6.45, 7) is -1.71. The van der Waals surface area contributed by atoms with E-state index in [9.17, 15) is 26.8 Å². The molecule has 4 rings (SSSR count). The van der Waals surface area contributed by atoms with E-state index < -0.39 is 33.4 Å². The molecule has 4 saturated carbocycles. The molecule has 0 heterocycles. The van der Waals surface area contributed by atoms with Crippen molar-refractivity contribution >= 4 is 21.9 Å². The van der Waals surface area contributed by atoms with Crippen molar-refractivity contribution in [1.29, 1.82) is 0 Å². The van der Waals surface area contributed by atoms with E-state index in [0.717, 1.165) is 12.8 Å². The van der Waals surface area contributed by atoms with Gasteiger partial charge in [-0.3, -0.25) is 14.1 Å². The SMILES string of the molecule is O=C1C2CC3C[C@@H]1CC(C(=O)OCC(F)(F)S(=O)(=O)O)(C3)C2. The van der Waals surface area contributed by atoms with Crippen molar-refractivity contribution < 1.29 is 36.1 Å². The Kier molecular flexibility index (Phi) is 3.38. The van der Waals surface area contributed by atoms with Gasteiger partial charge >= 0.3 is 21.3 Å². The van der Waals surface area contributed by atoms with Gasteiger partial charge < -0.3 is 4.74 Å². The third-order valence-electron chi connectivity index (χ3n) is 5.18. The van der Waals surface area contributed by atoms with Gasteiger partial charge in [0.2, 0.25) is 0 Å². The molecule has 0 amide bonds. The molecule has 4 bridgehead atoms. The minimum atomic E-state index is -5.63. The minimum absolute atomic E-state index is 0.141. The highest BCUT2D eigenvalue weighted by atomic mass is 32.2. The Labute approximate surface area is 125 Å². The van der Waals surface area contributed by atoms with Crippen LogP contribution in [0.3, 0.4) is 0 Å². The molecule has 0 spiro atoms. The highest BCUT2D eigenvalue weighted by Crippen LogP contribution is 2.59. The summed E-state index contributed by atoms with van der Waals surface area (Å²) < 4.78 is 60.3. The van der Waals surface area contributed by atoms with Crippen molar-refractivity contribution in [2.75, 3.05) is 6.61 Å². The van der Waals surface area contributed by atoms with Crippen LogP contribution < -0.4 is 0 Å². The zero-order valence-electron chi connectivity index (χ0n) is 11.6. The maximum atomic E-state index is 13.2. The summed E-state index contributed by atoms with van der Waals surface area (Å²) in [7, 11) is -5.63. The predicted octanol–water partition coefficient (Wildman–Crippen LogP) is 1.41. The lowest BCUT2D eigenvalue weighted by Gasteiger charge is -2.53. The van der Waals surface area contributed by atoms with Crippen molar-refractivity contribution in [3.8, 4) is 0 Å². The molecule has 4 aliphatic rings. The van der Waals surface area contributed by atoms with Crippen molar-refractivity contribution in [3.63, 3.8) is 0 Å². The molecular weight excluding hydrogens is 322 g/mol. The largest absolute Gasteiger partial charge is 0.458 e. The number of carbonyl (C=O) groups is 2. The average molecular weight is 338 g/mol. The van der Waals surface area contributed by atoms with Crippen LogP contribution in [-0.4, -0.2) is 36.6 Å². The topological polar surface area (TPSA) is 97.7 Å². The third-order valence-corrected chi connectivity index (χ3v) is 6.05. The van der Waals surface area contributed by atoms with Gasteiger partial charge in [0.15, 0.2) is 6.61 Å². The number of esters is 1. The van der Waals surface area contributed by atoms with Crippen molar-refractivity contribution in [2.24, 2.45) is 23.2 Å². The maximum Gasteiger partial charge on any atom is 0.402 e. The molecule has 3 unspecified atom stereocenters. The smallest absolute Gasteiger partial charge is 0.402 e. The van der Waals surface area contributed by atoms with Gasteiger partial charge in [-0.05, 0) is 38.0 Å². The fourth-order valence-corrected chi connectivity index (χ4v) is 4.58. The van der Waals surface area contributed by atoms with E-state index >= 15 is 0 Å². The normalized spacial score (nSPS) is 37.4. The van der Waals surface area contributed by atoms with Gasteiger partial charge in [0.1, 0.15) is 5.78 Å². The molecule has 4 aliphatic carbocycles. The lowest BCUT2D eigenvalue weighted by molar-refractivity contribution is -0.179. The molecule has 4 fully saturated rings. The van der Waals surface area contributed by atoms with E-state index in [1.165, 1.54) is 0 Å². The van der Waals surface area contributed by atoms with E-state index in [0.29, 0.717) is 6.42 Å². The summed E-state index contributed by atoms with van der Waals surface area (Å²) in [6.07, 6.45) is 2.52. The quantitative estimate of drug-likeness (QED) is 0.615. The van der Waals surface area contributed by atoms with Crippen molar-refractivity contribution in [2.45, 2.75) is 37.4 Å². The number of hydrogen-bond acceptors (Lipinski definition) is 5. The summed E-state index contributed by atoms with van der Waals surface area (Å²) in [5.41, 5.74) is -0.959. The first kappa shape index (κ1) is 15.8. The van der Waals surface area contributed by atoms with Gasteiger partial charge in [0, 0.05) is 11.8 Å². The van der Waals surface area contributed by atoms with Crippen LogP contribution >= 0.6 is 0 Å². The Morgan fingerprint density at radius 2 is 1.82 bits per heavy atom. The highest BCUT2D eigenvalue weighted by molar-refractivity contribution is 7.86. The fourth-order valence-electron chi connectivity index (χ4n) is 4.37. The molecule has 9 heteroatoms. The van der Waals surface area contributed by atoms with Crippen LogP contribution in [0.4, 0.5) is 8.78 Å². The number of hydrogen-bond donors (Lipinski definition) is 1. The number of Topliss-reactive ketones (excluding diaryl/α,β-unsaturated/α-hetero) is 1. The average Bonchev–Trinajstić information content (AvgIpc) is 2.39. The molecule has 1 N–H and O–H groups in total. The second-order valence-corrected chi connectivity index (χ2v) is 8.26. The monoisotopic (exact) mass is 338 g/mol. The molecule has 0 aromatic rings. The highest BCUT2D eigenvalue weighted by Gasteiger charge is 2.59. The van der Waals surface area contributed by atoms with Crippen molar-refractivity contribution in [3.05, 3.63) is 0 Å². The van der Waals surface area contributed by atoms with Crippen LogP contribution in [0, 0.1) is 23.2 Å². The number of rotatable bonds is 4. The van der Waals surface area contributed by atoms with Crippen LogP contribution in [-0.2, 0) is 24.4 Å². The maximum absolute atomic E-state index is 13.2. The van der Waals surface area contributed by atoms with Gasteiger partial charge in [-0.15, -0.1) is 0 Å². The van der Waals surface area contributed by atoms with Crippen LogP contribution in [0.1, 0.15) is 32.1 Å². The molecule has 0 aromatic carbocycles. The standard InChI is InChI=1S/C13H16F2O6S/c14-13(15,22(18,19)20)6-21-11(17)12-3-7-1-8(4-12)10(16)9(2-7)5-12/h7-9H,1-6H2,(H,18,19,20)/t7?,8-,9?,12?/m1/s1. The van der Waals surface area contributed by atoms with E-state index in [2.05, 4.69) is 4.74 Å². The van der Waals surface area contributed by atoms with Crippen LogP contribution in [0.2, 0.25) is 0 Å². The Morgan fingerprint density at radius 1 is 1.27 bits per heavy atom. The summed E-state index contributed by atoms with van der Waals surface area (Å²) >= 11 is 0. The van der Waals surface area contributed by atoms with Crippen LogP contribution in [0.5, 0.6) is 0 Å². The predicted molar refractivity (Wildman–Crippen MR) is 68.4 cm³/mol. The summed E-state index contributed by atoms with van der Waals surface area (Å²) in [5.74, 6) is -0.975. The Hall–Kier alpha value is -1.09. The van der Waals surface area contributed by atoms with Gasteiger partial charge in [-0.25, -0.2) is 0 Å². The van der Waals surface area contributed by atoms with Gasteiger partial charge in [0.05, 0.1) is 5.41 Å². The first-order chi connectivity index (χ1) is 10.0. The zero-order valence-corrected chi connectivity index (χ0v) is 12.4. The zero-order chi connectivity index (χ0) is 16.3. The van der Waals surface area contributed by atoms with E-state index in [1.54, 1.807) is 0 Å². The van der Waals surface area contributed by atoms with Gasteiger partial charge in [-0.2, -0.15) is 17.2 Å². The number of alkyl halides is 2. The summed E-state index contributed by atoms with van der Waals surface area (Å²) in [4.78, 5) is 24.2. The van der Waals surface area contributed by atoms with E-state index in [-0.39, 0.29) is 36.4 Å². The number of ketones is 1. The van der Waals surface area contributed by atoms with Gasteiger partial charge in [0.25, 0.3) is 0 Å². The Balaban J connectivity index is 1.72. The van der Waals surface area contributed by atoms with Crippen LogP contribution in [0.15, 0.2) is 0 Å². The molecule has 22 heavy (non-hydrogen) atoms. The molecular formula is C13H16F2O6S. The Bertz CT molecular complexity index is 610.